The standard InChI is InChI=1S/C14H21NO2/c1-16-10-14(7-11(8-14)9-15)12-4-3-5-13(6-12)17-2/h3-6,11H,7-10,15H2,1-2H3. The Balaban J connectivity index is 2.21. The topological polar surface area (TPSA) is 44.5 Å². The SMILES string of the molecule is COCC1(c2cccc(OC)c2)CC(CN)C1. The van der Waals surface area contributed by atoms with Crippen LogP contribution in [0.15, 0.2) is 24.3 Å². The highest BCUT2D eigenvalue weighted by Crippen LogP contribution is 2.48. The Morgan fingerprint density at radius 2 is 2.12 bits per heavy atom. The van der Waals surface area contributed by atoms with Gasteiger partial charge >= 0.3 is 0 Å². The minimum absolute atomic E-state index is 0.146. The molecule has 3 heteroatoms. The van der Waals surface area contributed by atoms with Gasteiger partial charge < -0.3 is 15.2 Å². The van der Waals surface area contributed by atoms with Crippen molar-refractivity contribution in [3.63, 3.8) is 0 Å². The summed E-state index contributed by atoms with van der Waals surface area (Å²) in [4.78, 5) is 0. The molecule has 1 fully saturated rings. The molecule has 1 aliphatic carbocycles. The summed E-state index contributed by atoms with van der Waals surface area (Å²) in [5, 5.41) is 0. The summed E-state index contributed by atoms with van der Waals surface area (Å²) in [5.41, 5.74) is 7.17. The van der Waals surface area contributed by atoms with E-state index >= 15 is 0 Å². The Labute approximate surface area is 103 Å². The second-order valence-electron chi connectivity index (χ2n) is 4.96. The average molecular weight is 235 g/mol. The Bertz CT molecular complexity index is 372. The summed E-state index contributed by atoms with van der Waals surface area (Å²) in [6.07, 6.45) is 2.23. The Hall–Kier alpha value is -1.06. The van der Waals surface area contributed by atoms with Gasteiger partial charge in [0.25, 0.3) is 0 Å². The van der Waals surface area contributed by atoms with Gasteiger partial charge in [-0.25, -0.2) is 0 Å². The summed E-state index contributed by atoms with van der Waals surface area (Å²) >= 11 is 0. The zero-order valence-electron chi connectivity index (χ0n) is 10.6. The molecule has 1 aliphatic rings. The molecule has 1 aromatic carbocycles. The molecular weight excluding hydrogens is 214 g/mol. The fourth-order valence-corrected chi connectivity index (χ4v) is 2.88. The summed E-state index contributed by atoms with van der Waals surface area (Å²) in [5.74, 6) is 1.55. The zero-order valence-corrected chi connectivity index (χ0v) is 10.6. The molecule has 0 aliphatic heterocycles. The van der Waals surface area contributed by atoms with Crippen molar-refractivity contribution < 1.29 is 9.47 Å². The maximum absolute atomic E-state index is 5.72. The molecule has 3 nitrogen and oxygen atoms in total. The zero-order chi connectivity index (χ0) is 12.3. The van der Waals surface area contributed by atoms with Gasteiger partial charge in [-0.05, 0) is 43.0 Å². The molecule has 94 valence electrons. The second-order valence-corrected chi connectivity index (χ2v) is 4.96. The van der Waals surface area contributed by atoms with Crippen LogP contribution in [0.25, 0.3) is 0 Å². The molecule has 2 rings (SSSR count). The molecule has 0 saturated heterocycles. The van der Waals surface area contributed by atoms with Crippen LogP contribution in [0.3, 0.4) is 0 Å². The van der Waals surface area contributed by atoms with Gasteiger partial charge in [-0.15, -0.1) is 0 Å². The van der Waals surface area contributed by atoms with E-state index in [1.54, 1.807) is 14.2 Å². The van der Waals surface area contributed by atoms with E-state index in [9.17, 15) is 0 Å². The van der Waals surface area contributed by atoms with Crippen molar-refractivity contribution in [2.75, 3.05) is 27.4 Å². The number of methoxy groups -OCH3 is 2. The smallest absolute Gasteiger partial charge is 0.119 e. The number of benzene rings is 1. The molecule has 0 unspecified atom stereocenters. The minimum atomic E-state index is 0.146. The van der Waals surface area contributed by atoms with Crippen molar-refractivity contribution in [3.8, 4) is 5.75 Å². The molecule has 17 heavy (non-hydrogen) atoms. The van der Waals surface area contributed by atoms with Crippen LogP contribution in [-0.2, 0) is 10.2 Å². The summed E-state index contributed by atoms with van der Waals surface area (Å²) in [7, 11) is 3.46. The third kappa shape index (κ3) is 2.31. The lowest BCUT2D eigenvalue weighted by molar-refractivity contribution is 0.0422. The van der Waals surface area contributed by atoms with Gasteiger partial charge in [-0.1, -0.05) is 12.1 Å². The summed E-state index contributed by atoms with van der Waals surface area (Å²) in [6.45, 7) is 1.53. The van der Waals surface area contributed by atoms with Crippen LogP contribution in [-0.4, -0.2) is 27.4 Å². The van der Waals surface area contributed by atoms with E-state index in [4.69, 9.17) is 15.2 Å². The van der Waals surface area contributed by atoms with Gasteiger partial charge in [-0.2, -0.15) is 0 Å². The van der Waals surface area contributed by atoms with Crippen molar-refractivity contribution in [2.45, 2.75) is 18.3 Å². The monoisotopic (exact) mass is 235 g/mol. The lowest BCUT2D eigenvalue weighted by atomic mass is 9.59. The maximum atomic E-state index is 5.72. The molecule has 2 N–H and O–H groups in total. The fraction of sp³-hybridized carbons (Fsp3) is 0.571. The predicted molar refractivity (Wildman–Crippen MR) is 68.3 cm³/mol. The molecule has 0 aromatic heterocycles. The van der Waals surface area contributed by atoms with E-state index < -0.39 is 0 Å². The molecule has 0 atom stereocenters. The Kier molecular flexibility index (Phi) is 3.69. The van der Waals surface area contributed by atoms with Crippen LogP contribution in [0.1, 0.15) is 18.4 Å². The first kappa shape index (κ1) is 12.4. The molecular formula is C14H21NO2. The van der Waals surface area contributed by atoms with Crippen molar-refractivity contribution in [1.82, 2.24) is 0 Å². The van der Waals surface area contributed by atoms with Gasteiger partial charge in [-0.3, -0.25) is 0 Å². The van der Waals surface area contributed by atoms with E-state index in [0.29, 0.717) is 5.92 Å². The average Bonchev–Trinajstić information content (AvgIpc) is 2.33. The molecule has 0 bridgehead atoms. The third-order valence-corrected chi connectivity index (χ3v) is 3.79. The Morgan fingerprint density at radius 1 is 1.35 bits per heavy atom. The largest absolute Gasteiger partial charge is 0.497 e. The number of hydrogen-bond acceptors (Lipinski definition) is 3. The molecule has 0 spiro atoms. The van der Waals surface area contributed by atoms with Crippen molar-refractivity contribution >= 4 is 0 Å². The van der Waals surface area contributed by atoms with Gasteiger partial charge in [0.2, 0.25) is 0 Å². The van der Waals surface area contributed by atoms with E-state index in [1.165, 1.54) is 5.56 Å². The molecule has 0 amide bonds. The molecule has 1 aromatic rings. The number of rotatable bonds is 5. The summed E-state index contributed by atoms with van der Waals surface area (Å²) < 4.78 is 10.7. The third-order valence-electron chi connectivity index (χ3n) is 3.79. The highest BCUT2D eigenvalue weighted by atomic mass is 16.5. The lowest BCUT2D eigenvalue weighted by Gasteiger charge is -2.47. The Morgan fingerprint density at radius 3 is 2.71 bits per heavy atom. The summed E-state index contributed by atoms with van der Waals surface area (Å²) in [6, 6.07) is 8.30. The highest BCUT2D eigenvalue weighted by Gasteiger charge is 2.44. The van der Waals surface area contributed by atoms with Gasteiger partial charge in [0.05, 0.1) is 13.7 Å². The lowest BCUT2D eigenvalue weighted by Crippen LogP contribution is -2.47. The van der Waals surface area contributed by atoms with Gasteiger partial charge in [0, 0.05) is 12.5 Å². The van der Waals surface area contributed by atoms with Gasteiger partial charge in [0.1, 0.15) is 5.75 Å². The first-order chi connectivity index (χ1) is 8.24. The predicted octanol–water partition coefficient (Wildman–Crippen LogP) is 1.95. The van der Waals surface area contributed by atoms with E-state index in [2.05, 4.69) is 12.1 Å². The van der Waals surface area contributed by atoms with Crippen LogP contribution in [0.5, 0.6) is 5.75 Å². The van der Waals surface area contributed by atoms with Crippen LogP contribution in [0.2, 0.25) is 0 Å². The normalized spacial score (nSPS) is 27.6. The minimum Gasteiger partial charge on any atom is -0.497 e. The maximum Gasteiger partial charge on any atom is 0.119 e. The van der Waals surface area contributed by atoms with Crippen molar-refractivity contribution in [1.29, 1.82) is 0 Å². The molecule has 1 saturated carbocycles. The van der Waals surface area contributed by atoms with Crippen LogP contribution < -0.4 is 10.5 Å². The van der Waals surface area contributed by atoms with E-state index in [-0.39, 0.29) is 5.41 Å². The van der Waals surface area contributed by atoms with Crippen LogP contribution >= 0.6 is 0 Å². The highest BCUT2D eigenvalue weighted by molar-refractivity contribution is 5.36. The van der Waals surface area contributed by atoms with Crippen molar-refractivity contribution in [2.24, 2.45) is 11.7 Å². The van der Waals surface area contributed by atoms with E-state index in [1.807, 2.05) is 12.1 Å². The van der Waals surface area contributed by atoms with Gasteiger partial charge in [0.15, 0.2) is 0 Å². The molecule has 0 radical (unpaired) electrons. The quantitative estimate of drug-likeness (QED) is 0.848. The van der Waals surface area contributed by atoms with Crippen LogP contribution in [0.4, 0.5) is 0 Å². The second kappa shape index (κ2) is 5.07. The van der Waals surface area contributed by atoms with Crippen LogP contribution in [0, 0.1) is 5.92 Å². The first-order valence-electron chi connectivity index (χ1n) is 6.07. The first-order valence-corrected chi connectivity index (χ1v) is 6.07. The van der Waals surface area contributed by atoms with Crippen molar-refractivity contribution in [3.05, 3.63) is 29.8 Å². The number of hydrogen-bond donors (Lipinski definition) is 1. The van der Waals surface area contributed by atoms with E-state index in [0.717, 1.165) is 31.7 Å². The molecule has 0 heterocycles. The number of nitrogens with two attached hydrogens (primary N) is 1. The fourth-order valence-electron chi connectivity index (χ4n) is 2.88. The number of ether oxygens (including phenoxy) is 2.